The number of rotatable bonds is 54. The first-order valence-corrected chi connectivity index (χ1v) is 31.0. The number of ether oxygens (including phenoxy) is 5. The minimum absolute atomic E-state index is 0.246. The van der Waals surface area contributed by atoms with Crippen molar-refractivity contribution in [3.05, 3.63) is 41.5 Å². The second kappa shape index (κ2) is 47.5. The van der Waals surface area contributed by atoms with Gasteiger partial charge in [-0.2, -0.15) is 0 Å². The van der Waals surface area contributed by atoms with Gasteiger partial charge in [-0.3, -0.25) is 9.59 Å². The monoisotopic (exact) mass is 1000 g/mol. The number of hydrogen-bond donors (Lipinski definition) is 0. The molecule has 2 rings (SSSR count). The summed E-state index contributed by atoms with van der Waals surface area (Å²) in [5.74, 6) is 2.40. The molecule has 0 aromatic heterocycles. The van der Waals surface area contributed by atoms with Crippen LogP contribution in [0.1, 0.15) is 319 Å². The predicted molar refractivity (Wildman–Crippen MR) is 307 cm³/mol. The summed E-state index contributed by atoms with van der Waals surface area (Å²) in [6, 6.07) is 9.04. The van der Waals surface area contributed by atoms with E-state index in [0.29, 0.717) is 72.9 Å². The van der Waals surface area contributed by atoms with E-state index >= 15 is 0 Å². The highest BCUT2D eigenvalue weighted by atomic mass is 16.5. The fourth-order valence-corrected chi connectivity index (χ4v) is 9.44. The molecule has 0 fully saturated rings. The average molecular weight is 1010 g/mol. The number of carbonyl (C=O) groups excluding carboxylic acids is 2. The van der Waals surface area contributed by atoms with Crippen molar-refractivity contribution in [2.24, 2.45) is 0 Å². The minimum atomic E-state index is -0.274. The van der Waals surface area contributed by atoms with Gasteiger partial charge < -0.3 is 23.7 Å². The van der Waals surface area contributed by atoms with Gasteiger partial charge in [0, 0.05) is 11.1 Å². The van der Waals surface area contributed by atoms with Gasteiger partial charge in [0.2, 0.25) is 5.75 Å². The summed E-state index contributed by atoms with van der Waals surface area (Å²) in [5.41, 5.74) is 0.868. The fraction of sp³-hybridized carbons (Fsp3) is 0.785. The van der Waals surface area contributed by atoms with Crippen molar-refractivity contribution in [3.8, 4) is 28.7 Å². The maximum absolute atomic E-state index is 14.3. The molecule has 0 saturated carbocycles. The van der Waals surface area contributed by atoms with Crippen molar-refractivity contribution in [2.45, 2.75) is 298 Å². The van der Waals surface area contributed by atoms with Crippen LogP contribution in [0.25, 0.3) is 0 Å². The molecule has 72 heavy (non-hydrogen) atoms. The Morgan fingerprint density at radius 3 is 0.861 bits per heavy atom. The molecule has 2 aromatic rings. The van der Waals surface area contributed by atoms with Crippen LogP contribution in [0.4, 0.5) is 0 Å². The van der Waals surface area contributed by atoms with Gasteiger partial charge in [0.05, 0.1) is 39.5 Å². The van der Waals surface area contributed by atoms with Crippen LogP contribution >= 0.6 is 0 Å². The second-order valence-corrected chi connectivity index (χ2v) is 21.1. The first-order valence-electron chi connectivity index (χ1n) is 31.0. The third kappa shape index (κ3) is 33.6. The van der Waals surface area contributed by atoms with Crippen LogP contribution in [0, 0.1) is 0 Å². The molecule has 2 aromatic carbocycles. The molecule has 0 bridgehead atoms. The number of ketones is 2. The van der Waals surface area contributed by atoms with Gasteiger partial charge in [0.25, 0.3) is 0 Å². The van der Waals surface area contributed by atoms with Gasteiger partial charge in [-0.1, -0.05) is 259 Å². The number of unbranched alkanes of at least 4 members (excludes halogenated alkanes) is 35. The Labute approximate surface area is 444 Å². The molecule has 0 aliphatic carbocycles. The summed E-state index contributed by atoms with van der Waals surface area (Å²) in [6.07, 6.45) is 48.4. The molecule has 0 aliphatic rings. The Morgan fingerprint density at radius 1 is 0.278 bits per heavy atom. The summed E-state index contributed by atoms with van der Waals surface area (Å²) in [5, 5.41) is 0. The molecular formula is C65H112O7. The minimum Gasteiger partial charge on any atom is -0.490 e. The maximum Gasteiger partial charge on any atom is 0.203 e. The lowest BCUT2D eigenvalue weighted by Gasteiger charge is -2.19. The van der Waals surface area contributed by atoms with Gasteiger partial charge in [-0.25, -0.2) is 0 Å². The van der Waals surface area contributed by atoms with Crippen LogP contribution in [0.3, 0.4) is 0 Å². The van der Waals surface area contributed by atoms with E-state index in [0.717, 1.165) is 64.2 Å². The molecule has 0 unspecified atom stereocenters. The van der Waals surface area contributed by atoms with Gasteiger partial charge in [0.15, 0.2) is 34.6 Å². The van der Waals surface area contributed by atoms with Gasteiger partial charge in [0.1, 0.15) is 0 Å². The van der Waals surface area contributed by atoms with Crippen LogP contribution in [-0.2, 0) is 0 Å². The molecule has 0 spiro atoms. The van der Waals surface area contributed by atoms with Gasteiger partial charge >= 0.3 is 0 Å². The van der Waals surface area contributed by atoms with Crippen LogP contribution < -0.4 is 23.7 Å². The second-order valence-electron chi connectivity index (χ2n) is 21.1. The van der Waals surface area contributed by atoms with E-state index in [1.54, 1.807) is 24.3 Å². The number of benzene rings is 2. The Kier molecular flexibility index (Phi) is 42.8. The number of hydrogen-bond acceptors (Lipinski definition) is 7. The summed E-state index contributed by atoms with van der Waals surface area (Å²) < 4.78 is 32.3. The van der Waals surface area contributed by atoms with Crippen molar-refractivity contribution in [1.29, 1.82) is 0 Å². The number of Topliss-reactive ketones (excluding diaryl/α,β-unsaturated/α-hetero) is 2. The van der Waals surface area contributed by atoms with E-state index in [-0.39, 0.29) is 18.0 Å². The van der Waals surface area contributed by atoms with Crippen molar-refractivity contribution < 1.29 is 33.3 Å². The molecule has 7 heteroatoms. The zero-order valence-corrected chi connectivity index (χ0v) is 47.8. The largest absolute Gasteiger partial charge is 0.490 e. The third-order valence-electron chi connectivity index (χ3n) is 14.2. The lowest BCUT2D eigenvalue weighted by atomic mass is 10.0. The van der Waals surface area contributed by atoms with Crippen molar-refractivity contribution in [1.82, 2.24) is 0 Å². The van der Waals surface area contributed by atoms with Crippen LogP contribution in [-0.4, -0.2) is 44.6 Å². The molecule has 0 N–H and O–H groups in total. The highest BCUT2D eigenvalue weighted by Gasteiger charge is 2.22. The molecule has 0 saturated heterocycles. The van der Waals surface area contributed by atoms with E-state index in [1.807, 2.05) is 6.07 Å². The molecule has 0 radical (unpaired) electrons. The quantitative estimate of drug-likeness (QED) is 0.0371. The summed E-state index contributed by atoms with van der Waals surface area (Å²) >= 11 is 0. The zero-order valence-electron chi connectivity index (χ0n) is 47.8. The molecular weight excluding hydrogens is 893 g/mol. The van der Waals surface area contributed by atoms with Crippen LogP contribution in [0.15, 0.2) is 30.3 Å². The lowest BCUT2D eigenvalue weighted by molar-refractivity contribution is 0.0893. The topological polar surface area (TPSA) is 80.3 Å². The first-order chi connectivity index (χ1) is 35.5. The van der Waals surface area contributed by atoms with Crippen molar-refractivity contribution >= 4 is 11.6 Å². The fourth-order valence-electron chi connectivity index (χ4n) is 9.44. The first kappa shape index (κ1) is 64.9. The standard InChI is InChI=1S/C65H112O7/c1-6-11-16-21-26-31-36-41-48-68-61-47-46-57(53-62(61)69-49-42-37-32-27-22-17-12-7-2)59(66)56-60(67)58-54-63(70-50-43-38-33-28-23-18-13-8-3)65(72-52-45-40-35-30-25-20-15-10-5)64(55-58)71-51-44-39-34-29-24-19-14-9-4/h46-47,53-55H,6-45,48-52,56H2,1-5H3. The normalized spacial score (nSPS) is 11.3. The van der Waals surface area contributed by atoms with Gasteiger partial charge in [-0.15, -0.1) is 0 Å². The van der Waals surface area contributed by atoms with Crippen molar-refractivity contribution in [3.63, 3.8) is 0 Å². The molecule has 414 valence electrons. The van der Waals surface area contributed by atoms with Crippen LogP contribution in [0.2, 0.25) is 0 Å². The van der Waals surface area contributed by atoms with Crippen LogP contribution in [0.5, 0.6) is 28.7 Å². The average Bonchev–Trinajstić information content (AvgIpc) is 3.39. The third-order valence-corrected chi connectivity index (χ3v) is 14.2. The zero-order chi connectivity index (χ0) is 51.8. The summed E-state index contributed by atoms with van der Waals surface area (Å²) in [6.45, 7) is 14.1. The van der Waals surface area contributed by atoms with E-state index in [4.69, 9.17) is 23.7 Å². The summed E-state index contributed by atoms with van der Waals surface area (Å²) in [4.78, 5) is 28.4. The van der Waals surface area contributed by atoms with E-state index in [9.17, 15) is 9.59 Å². The Balaban J connectivity index is 2.29. The maximum atomic E-state index is 14.3. The highest BCUT2D eigenvalue weighted by Crippen LogP contribution is 2.40. The lowest BCUT2D eigenvalue weighted by Crippen LogP contribution is -2.12. The highest BCUT2D eigenvalue weighted by molar-refractivity contribution is 6.14. The SMILES string of the molecule is CCCCCCCCCCOc1ccc(C(=O)CC(=O)c2cc(OCCCCCCCCCC)c(OCCCCCCCCCC)c(OCCCCCCCCCC)c2)cc1OCCCCCCCCCC. The van der Waals surface area contributed by atoms with E-state index < -0.39 is 0 Å². The Hall–Kier alpha value is -3.22. The molecule has 0 amide bonds. The number of carbonyl (C=O) groups is 2. The summed E-state index contributed by atoms with van der Waals surface area (Å²) in [7, 11) is 0. The molecule has 0 heterocycles. The molecule has 7 nitrogen and oxygen atoms in total. The van der Waals surface area contributed by atoms with Crippen molar-refractivity contribution in [2.75, 3.05) is 33.0 Å². The Morgan fingerprint density at radius 2 is 0.528 bits per heavy atom. The van der Waals surface area contributed by atoms with Gasteiger partial charge in [-0.05, 0) is 62.4 Å². The smallest absolute Gasteiger partial charge is 0.203 e. The van der Waals surface area contributed by atoms with E-state index in [1.165, 1.54) is 193 Å². The Bertz CT molecular complexity index is 1530. The molecule has 0 aliphatic heterocycles. The van der Waals surface area contributed by atoms with E-state index in [2.05, 4.69) is 34.6 Å². The predicted octanol–water partition coefficient (Wildman–Crippen LogP) is 20.7. The molecule has 0 atom stereocenters.